The second kappa shape index (κ2) is 5.59. The second-order valence-electron chi connectivity index (χ2n) is 3.54. The number of thiophene rings is 1. The molecule has 0 saturated heterocycles. The minimum Gasteiger partial charge on any atom is -0.461 e. The lowest BCUT2D eigenvalue weighted by Gasteiger charge is -2.05. The Kier molecular flexibility index (Phi) is 3.88. The van der Waals surface area contributed by atoms with Gasteiger partial charge in [-0.05, 0) is 32.1 Å². The summed E-state index contributed by atoms with van der Waals surface area (Å²) in [5.74, 6) is -0.408. The highest BCUT2D eigenvalue weighted by Crippen LogP contribution is 2.20. The summed E-state index contributed by atoms with van der Waals surface area (Å²) >= 11 is 1.60. The summed E-state index contributed by atoms with van der Waals surface area (Å²) in [6.07, 6.45) is 4.61. The maximum Gasteiger partial charge on any atom is 0.357 e. The van der Waals surface area contributed by atoms with Crippen molar-refractivity contribution in [2.45, 2.75) is 13.8 Å². The Morgan fingerprint density at radius 2 is 2.39 bits per heavy atom. The van der Waals surface area contributed by atoms with Crippen LogP contribution in [0.2, 0.25) is 0 Å². The highest BCUT2D eigenvalue weighted by atomic mass is 32.1. The van der Waals surface area contributed by atoms with Crippen molar-refractivity contribution >= 4 is 29.1 Å². The zero-order valence-corrected chi connectivity index (χ0v) is 11.0. The third-order valence-electron chi connectivity index (χ3n) is 2.19. The third-order valence-corrected chi connectivity index (χ3v) is 3.14. The van der Waals surface area contributed by atoms with Crippen LogP contribution in [0.5, 0.6) is 0 Å². The summed E-state index contributed by atoms with van der Waals surface area (Å²) < 4.78 is 6.43. The molecule has 0 saturated carbocycles. The fraction of sp³-hybridized carbons (Fsp3) is 0.250. The molecule has 18 heavy (non-hydrogen) atoms. The number of ether oxygens (including phenoxy) is 1. The highest BCUT2D eigenvalue weighted by molar-refractivity contribution is 7.12. The van der Waals surface area contributed by atoms with E-state index in [0.717, 1.165) is 4.88 Å². The molecule has 0 aliphatic heterocycles. The molecule has 0 unspecified atom stereocenters. The maximum absolute atomic E-state index is 11.9. The van der Waals surface area contributed by atoms with Gasteiger partial charge in [0.1, 0.15) is 12.7 Å². The first kappa shape index (κ1) is 12.5. The molecule has 2 aromatic rings. The van der Waals surface area contributed by atoms with Crippen molar-refractivity contribution in [3.05, 3.63) is 34.5 Å². The van der Waals surface area contributed by atoms with Crippen molar-refractivity contribution in [2.24, 2.45) is 0 Å². The molecule has 0 spiro atoms. The van der Waals surface area contributed by atoms with E-state index in [0.29, 0.717) is 12.3 Å². The molecule has 6 heteroatoms. The fourth-order valence-corrected chi connectivity index (χ4v) is 2.24. The lowest BCUT2D eigenvalue weighted by atomic mass is 10.3. The van der Waals surface area contributed by atoms with Crippen LogP contribution in [0.1, 0.15) is 16.7 Å². The monoisotopic (exact) mass is 263 g/mol. The topological polar surface area (TPSA) is 57.0 Å². The molecule has 94 valence electrons. The Bertz CT molecular complexity index is 558. The summed E-state index contributed by atoms with van der Waals surface area (Å²) in [7, 11) is 0. The van der Waals surface area contributed by atoms with Gasteiger partial charge >= 0.3 is 5.97 Å². The summed E-state index contributed by atoms with van der Waals surface area (Å²) in [5.41, 5.74) is 0.358. The van der Waals surface area contributed by atoms with E-state index in [1.807, 2.05) is 19.1 Å². The van der Waals surface area contributed by atoms with Gasteiger partial charge in [0.2, 0.25) is 0 Å². The first-order valence-corrected chi connectivity index (χ1v) is 6.32. The lowest BCUT2D eigenvalue weighted by Crippen LogP contribution is -2.12. The van der Waals surface area contributed by atoms with E-state index in [-0.39, 0.29) is 0 Å². The van der Waals surface area contributed by atoms with Gasteiger partial charge in [0.25, 0.3) is 0 Å². The molecule has 2 rings (SSSR count). The highest BCUT2D eigenvalue weighted by Gasteiger charge is 2.14. The van der Waals surface area contributed by atoms with Crippen LogP contribution in [0.4, 0.5) is 0 Å². The molecular weight excluding hydrogens is 250 g/mol. The molecule has 0 aromatic carbocycles. The van der Waals surface area contributed by atoms with Crippen LogP contribution in [-0.2, 0) is 9.53 Å². The van der Waals surface area contributed by atoms with Gasteiger partial charge in [-0.1, -0.05) is 0 Å². The van der Waals surface area contributed by atoms with Crippen LogP contribution in [-0.4, -0.2) is 27.3 Å². The molecule has 2 aromatic heterocycles. The van der Waals surface area contributed by atoms with E-state index in [4.69, 9.17) is 4.74 Å². The van der Waals surface area contributed by atoms with E-state index in [1.54, 1.807) is 24.3 Å². The first-order chi connectivity index (χ1) is 8.70. The first-order valence-electron chi connectivity index (χ1n) is 5.51. The number of aromatic nitrogens is 3. The minimum atomic E-state index is -0.408. The standard InChI is InChI=1S/C12H13N3O2S/c1-3-17-12(16)11(15-8-13-7-14-15)6-10-5-4-9(2)18-10/h4-8H,3H2,1-2H3/b11-6+. The van der Waals surface area contributed by atoms with E-state index >= 15 is 0 Å². The fourth-order valence-electron chi connectivity index (χ4n) is 1.42. The lowest BCUT2D eigenvalue weighted by molar-refractivity contribution is -0.136. The van der Waals surface area contributed by atoms with E-state index in [2.05, 4.69) is 10.1 Å². The number of carbonyl (C=O) groups excluding carboxylic acids is 1. The molecule has 0 radical (unpaired) electrons. The summed E-state index contributed by atoms with van der Waals surface area (Å²) in [6, 6.07) is 3.96. The average molecular weight is 263 g/mol. The van der Waals surface area contributed by atoms with Crippen molar-refractivity contribution in [1.82, 2.24) is 14.8 Å². The quantitative estimate of drug-likeness (QED) is 0.627. The van der Waals surface area contributed by atoms with Gasteiger partial charge in [-0.3, -0.25) is 0 Å². The Morgan fingerprint density at radius 1 is 1.56 bits per heavy atom. The van der Waals surface area contributed by atoms with Gasteiger partial charge in [0.15, 0.2) is 5.70 Å². The maximum atomic E-state index is 11.9. The Balaban J connectivity index is 2.36. The molecule has 0 aliphatic rings. The number of hydrogen-bond acceptors (Lipinski definition) is 5. The average Bonchev–Trinajstić information content (AvgIpc) is 2.97. The van der Waals surface area contributed by atoms with Crippen molar-refractivity contribution < 1.29 is 9.53 Å². The second-order valence-corrected chi connectivity index (χ2v) is 4.86. The largest absolute Gasteiger partial charge is 0.461 e. The van der Waals surface area contributed by atoms with Gasteiger partial charge in [0, 0.05) is 9.75 Å². The SMILES string of the molecule is CCOC(=O)/C(=C\c1ccc(C)s1)n1cncn1. The normalized spacial score (nSPS) is 11.6. The molecule has 0 N–H and O–H groups in total. The minimum absolute atomic E-state index is 0.328. The molecule has 5 nitrogen and oxygen atoms in total. The molecule has 2 heterocycles. The number of aryl methyl sites for hydroxylation is 1. The van der Waals surface area contributed by atoms with E-state index in [9.17, 15) is 4.79 Å². The summed E-state index contributed by atoms with van der Waals surface area (Å²) in [4.78, 5) is 17.9. The van der Waals surface area contributed by atoms with Crippen LogP contribution in [0.15, 0.2) is 24.8 Å². The molecule has 0 bridgehead atoms. The number of rotatable bonds is 4. The number of carbonyl (C=O) groups is 1. The summed E-state index contributed by atoms with van der Waals surface area (Å²) in [5, 5.41) is 3.96. The smallest absolute Gasteiger partial charge is 0.357 e. The predicted molar refractivity (Wildman–Crippen MR) is 69.9 cm³/mol. The Labute approximate surface area is 109 Å². The van der Waals surface area contributed by atoms with Gasteiger partial charge in [-0.25, -0.2) is 14.5 Å². The Hall–Kier alpha value is -1.95. The summed E-state index contributed by atoms with van der Waals surface area (Å²) in [6.45, 7) is 4.11. The molecule has 0 amide bonds. The van der Waals surface area contributed by atoms with Crippen molar-refractivity contribution in [3.63, 3.8) is 0 Å². The van der Waals surface area contributed by atoms with Crippen LogP contribution in [0.25, 0.3) is 11.8 Å². The van der Waals surface area contributed by atoms with E-state index in [1.165, 1.54) is 22.2 Å². The molecule has 0 atom stereocenters. The zero-order valence-electron chi connectivity index (χ0n) is 10.2. The number of hydrogen-bond donors (Lipinski definition) is 0. The molecule has 0 fully saturated rings. The predicted octanol–water partition coefficient (Wildman–Crippen LogP) is 2.21. The number of esters is 1. The van der Waals surface area contributed by atoms with Crippen molar-refractivity contribution in [2.75, 3.05) is 6.61 Å². The van der Waals surface area contributed by atoms with Gasteiger partial charge in [0.05, 0.1) is 6.61 Å². The van der Waals surface area contributed by atoms with Crippen molar-refractivity contribution in [1.29, 1.82) is 0 Å². The van der Waals surface area contributed by atoms with Gasteiger partial charge < -0.3 is 4.74 Å². The van der Waals surface area contributed by atoms with Crippen LogP contribution in [0, 0.1) is 6.92 Å². The molecule has 0 aliphatic carbocycles. The van der Waals surface area contributed by atoms with E-state index < -0.39 is 5.97 Å². The van der Waals surface area contributed by atoms with Crippen molar-refractivity contribution in [3.8, 4) is 0 Å². The zero-order chi connectivity index (χ0) is 13.0. The molecular formula is C12H13N3O2S. The number of nitrogens with zero attached hydrogens (tertiary/aromatic N) is 3. The van der Waals surface area contributed by atoms with Crippen LogP contribution in [0.3, 0.4) is 0 Å². The third kappa shape index (κ3) is 2.84. The van der Waals surface area contributed by atoms with Crippen LogP contribution < -0.4 is 0 Å². The van der Waals surface area contributed by atoms with Gasteiger partial charge in [-0.15, -0.1) is 11.3 Å². The Morgan fingerprint density at radius 3 is 2.94 bits per heavy atom. The van der Waals surface area contributed by atoms with Gasteiger partial charge in [-0.2, -0.15) is 5.10 Å². The van der Waals surface area contributed by atoms with Crippen LogP contribution >= 0.6 is 11.3 Å².